The van der Waals surface area contributed by atoms with Crippen molar-refractivity contribution in [2.24, 2.45) is 0 Å². The third-order valence-corrected chi connectivity index (χ3v) is 7.03. The first-order chi connectivity index (χ1) is 15.3. The van der Waals surface area contributed by atoms with Crippen molar-refractivity contribution < 1.29 is 22.3 Å². The molecular weight excluding hydrogens is 431 g/mol. The van der Waals surface area contributed by atoms with E-state index in [2.05, 4.69) is 5.32 Å². The van der Waals surface area contributed by atoms with E-state index in [4.69, 9.17) is 4.74 Å². The van der Waals surface area contributed by atoms with E-state index in [1.54, 1.807) is 48.5 Å². The van der Waals surface area contributed by atoms with E-state index < -0.39 is 22.0 Å². The number of nitrogens with one attached hydrogen (secondary N) is 1. The first-order valence-corrected chi connectivity index (χ1v) is 11.7. The third-order valence-electron chi connectivity index (χ3n) is 5.23. The normalized spacial score (nSPS) is 15.6. The molecule has 0 aromatic heterocycles. The zero-order valence-electron chi connectivity index (χ0n) is 17.5. The zero-order valence-corrected chi connectivity index (χ0v) is 18.3. The molecule has 1 atom stereocenters. The second-order valence-electron chi connectivity index (χ2n) is 7.59. The molecule has 4 rings (SSSR count). The number of carbonyl (C=O) groups is 1. The van der Waals surface area contributed by atoms with Crippen LogP contribution in [0.25, 0.3) is 0 Å². The van der Waals surface area contributed by atoms with Gasteiger partial charge in [-0.1, -0.05) is 36.4 Å². The van der Waals surface area contributed by atoms with Gasteiger partial charge in [0.05, 0.1) is 17.1 Å². The smallest absolute Gasteiger partial charge is 0.264 e. The van der Waals surface area contributed by atoms with Crippen molar-refractivity contribution in [1.82, 2.24) is 5.32 Å². The molecule has 1 aliphatic rings. The maximum Gasteiger partial charge on any atom is 0.264 e. The van der Waals surface area contributed by atoms with Gasteiger partial charge >= 0.3 is 0 Å². The number of fused-ring (bicyclic) bond motifs is 1. The Morgan fingerprint density at radius 3 is 2.53 bits per heavy atom. The standard InChI is InChI=1S/C24H23FN2O4S/c1-17-7-12-22-21(15-17)27(32(29,30)20-5-3-2-4-6-20)16-23(31-22)24(28)26-14-13-18-8-10-19(25)11-9-18/h2-12,15,23H,13-14,16H2,1H3,(H,26,28)/t23-/m1/s1. The minimum atomic E-state index is -3.89. The van der Waals surface area contributed by atoms with E-state index in [1.165, 1.54) is 28.6 Å². The summed E-state index contributed by atoms with van der Waals surface area (Å²) >= 11 is 0. The van der Waals surface area contributed by atoms with Gasteiger partial charge in [-0.2, -0.15) is 0 Å². The summed E-state index contributed by atoms with van der Waals surface area (Å²) in [5.41, 5.74) is 2.16. The van der Waals surface area contributed by atoms with Crippen LogP contribution >= 0.6 is 0 Å². The molecule has 6 nitrogen and oxygen atoms in total. The lowest BCUT2D eigenvalue weighted by atomic mass is 10.1. The lowest BCUT2D eigenvalue weighted by Crippen LogP contribution is -2.51. The SMILES string of the molecule is Cc1ccc2c(c1)N(S(=O)(=O)c1ccccc1)C[C@H](C(=O)NCCc1ccc(F)cc1)O2. The summed E-state index contributed by atoms with van der Waals surface area (Å²) in [4.78, 5) is 13.0. The lowest BCUT2D eigenvalue weighted by Gasteiger charge is -2.35. The fraction of sp³-hybridized carbons (Fsp3) is 0.208. The van der Waals surface area contributed by atoms with Gasteiger partial charge in [0, 0.05) is 6.54 Å². The number of nitrogens with zero attached hydrogens (tertiary/aromatic N) is 1. The van der Waals surface area contributed by atoms with E-state index >= 15 is 0 Å². The molecule has 8 heteroatoms. The molecule has 0 aliphatic carbocycles. The van der Waals surface area contributed by atoms with Gasteiger partial charge in [-0.25, -0.2) is 12.8 Å². The van der Waals surface area contributed by atoms with Crippen LogP contribution in [0.2, 0.25) is 0 Å². The van der Waals surface area contributed by atoms with Gasteiger partial charge in [0.25, 0.3) is 15.9 Å². The molecule has 0 spiro atoms. The third kappa shape index (κ3) is 4.60. The Morgan fingerprint density at radius 1 is 1.09 bits per heavy atom. The number of anilines is 1. The number of hydrogen-bond donors (Lipinski definition) is 1. The molecule has 0 saturated carbocycles. The van der Waals surface area contributed by atoms with Crippen molar-refractivity contribution >= 4 is 21.6 Å². The van der Waals surface area contributed by atoms with Gasteiger partial charge < -0.3 is 10.1 Å². The highest BCUT2D eigenvalue weighted by atomic mass is 32.2. The average molecular weight is 455 g/mol. The van der Waals surface area contributed by atoms with Gasteiger partial charge in [0.2, 0.25) is 0 Å². The van der Waals surface area contributed by atoms with Crippen molar-refractivity contribution in [2.45, 2.75) is 24.3 Å². The summed E-state index contributed by atoms with van der Waals surface area (Å²) in [6, 6.07) is 19.4. The summed E-state index contributed by atoms with van der Waals surface area (Å²) in [6.07, 6.45) is -0.488. The summed E-state index contributed by atoms with van der Waals surface area (Å²) in [6.45, 7) is 2.04. The number of aryl methyl sites for hydroxylation is 1. The van der Waals surface area contributed by atoms with Crippen LogP contribution in [0.5, 0.6) is 5.75 Å². The first kappa shape index (κ1) is 21.8. The molecule has 32 heavy (non-hydrogen) atoms. The zero-order chi connectivity index (χ0) is 22.7. The maximum absolute atomic E-state index is 13.4. The van der Waals surface area contributed by atoms with E-state index in [9.17, 15) is 17.6 Å². The Labute approximate surface area is 186 Å². The van der Waals surface area contributed by atoms with E-state index in [0.29, 0.717) is 24.4 Å². The summed E-state index contributed by atoms with van der Waals surface area (Å²) in [7, 11) is -3.89. The number of carbonyl (C=O) groups excluding carboxylic acids is 1. The number of ether oxygens (including phenoxy) is 1. The molecule has 1 N–H and O–H groups in total. The summed E-state index contributed by atoms with van der Waals surface area (Å²) in [5, 5.41) is 2.79. The molecule has 0 fully saturated rings. The highest BCUT2D eigenvalue weighted by Gasteiger charge is 2.37. The van der Waals surface area contributed by atoms with Crippen molar-refractivity contribution in [3.05, 3.63) is 89.7 Å². The highest BCUT2D eigenvalue weighted by molar-refractivity contribution is 7.92. The van der Waals surface area contributed by atoms with Crippen molar-refractivity contribution in [3.63, 3.8) is 0 Å². The first-order valence-electron chi connectivity index (χ1n) is 10.2. The van der Waals surface area contributed by atoms with Crippen LogP contribution in [0, 0.1) is 12.7 Å². The number of halogens is 1. The average Bonchev–Trinajstić information content (AvgIpc) is 2.80. The molecule has 1 amide bonds. The van der Waals surface area contributed by atoms with Crippen LogP contribution in [-0.4, -0.2) is 33.5 Å². The molecular formula is C24H23FN2O4S. The molecule has 0 bridgehead atoms. The van der Waals surface area contributed by atoms with Crippen LogP contribution in [0.4, 0.5) is 10.1 Å². The van der Waals surface area contributed by atoms with Crippen LogP contribution in [-0.2, 0) is 21.2 Å². The van der Waals surface area contributed by atoms with Crippen LogP contribution in [0.15, 0.2) is 77.7 Å². The van der Waals surface area contributed by atoms with Gasteiger partial charge in [-0.05, 0) is 60.9 Å². The van der Waals surface area contributed by atoms with Crippen LogP contribution < -0.4 is 14.4 Å². The van der Waals surface area contributed by atoms with Gasteiger partial charge in [-0.15, -0.1) is 0 Å². The van der Waals surface area contributed by atoms with Gasteiger partial charge in [-0.3, -0.25) is 9.10 Å². The minimum absolute atomic E-state index is 0.143. The quantitative estimate of drug-likeness (QED) is 0.619. The number of amides is 1. The number of sulfonamides is 1. The second-order valence-corrected chi connectivity index (χ2v) is 9.46. The Morgan fingerprint density at radius 2 is 1.81 bits per heavy atom. The van der Waals surface area contributed by atoms with Gasteiger partial charge in [0.15, 0.2) is 6.10 Å². The number of rotatable bonds is 6. The lowest BCUT2D eigenvalue weighted by molar-refractivity contribution is -0.127. The predicted molar refractivity (Wildman–Crippen MR) is 120 cm³/mol. The highest BCUT2D eigenvalue weighted by Crippen LogP contribution is 2.37. The van der Waals surface area contributed by atoms with Crippen molar-refractivity contribution in [1.29, 1.82) is 0 Å². The molecule has 0 unspecified atom stereocenters. The molecule has 0 radical (unpaired) electrons. The molecule has 166 valence electrons. The Hall–Kier alpha value is -3.39. The van der Waals surface area contributed by atoms with Gasteiger partial charge in [0.1, 0.15) is 11.6 Å². The van der Waals surface area contributed by atoms with E-state index in [0.717, 1.165) is 11.1 Å². The molecule has 3 aromatic rings. The predicted octanol–water partition coefficient (Wildman–Crippen LogP) is 3.45. The summed E-state index contributed by atoms with van der Waals surface area (Å²) in [5.74, 6) is -0.395. The molecule has 3 aromatic carbocycles. The monoisotopic (exact) mass is 454 g/mol. The fourth-order valence-corrected chi connectivity index (χ4v) is 5.03. The van der Waals surface area contributed by atoms with E-state index in [-0.39, 0.29) is 17.3 Å². The van der Waals surface area contributed by atoms with Crippen molar-refractivity contribution in [3.8, 4) is 5.75 Å². The van der Waals surface area contributed by atoms with Crippen LogP contribution in [0.1, 0.15) is 11.1 Å². The minimum Gasteiger partial charge on any atom is -0.476 e. The largest absolute Gasteiger partial charge is 0.476 e. The van der Waals surface area contributed by atoms with E-state index in [1.807, 2.05) is 6.92 Å². The second kappa shape index (κ2) is 9.00. The number of benzene rings is 3. The molecule has 0 saturated heterocycles. The number of hydrogen-bond acceptors (Lipinski definition) is 4. The van der Waals surface area contributed by atoms with Crippen molar-refractivity contribution in [2.75, 3.05) is 17.4 Å². The molecule has 1 heterocycles. The van der Waals surface area contributed by atoms with Crippen LogP contribution in [0.3, 0.4) is 0 Å². The topological polar surface area (TPSA) is 75.7 Å². The molecule has 1 aliphatic heterocycles. The Bertz CT molecular complexity index is 1210. The Kier molecular flexibility index (Phi) is 6.14. The fourth-order valence-electron chi connectivity index (χ4n) is 3.54. The maximum atomic E-state index is 13.4. The Balaban J connectivity index is 1.54. The summed E-state index contributed by atoms with van der Waals surface area (Å²) < 4.78 is 46.9.